The van der Waals surface area contributed by atoms with Crippen molar-refractivity contribution in [3.63, 3.8) is 0 Å². The number of carbonyl (C=O) groups excluding carboxylic acids is 7. The van der Waals surface area contributed by atoms with E-state index in [4.69, 9.17) is 42.6 Å². The zero-order valence-corrected chi connectivity index (χ0v) is 46.5. The number of hydrogen-bond acceptors (Lipinski definition) is 25. The Balaban J connectivity index is 0.818. The SMILES string of the molecule is CC(=O)NC1C(O)[C@H](O[C@@H]2OC(CO)[C@H](O)C(O[C@H]3OC(CO)[C@H](O)C(O)C3O)C2O)C(CO)O[C@H]1OCCCNC(=O)CCOCCNC(=O)COc1ccc(-c2cccc(C(=O)NCCNC(=O)CCOCCN3C(=O)C=CC3=O)c2)cc1. The van der Waals surface area contributed by atoms with E-state index in [0.29, 0.717) is 11.3 Å². The molecule has 31 heteroatoms. The van der Waals surface area contributed by atoms with Gasteiger partial charge in [0.1, 0.15) is 78.9 Å². The fourth-order valence-corrected chi connectivity index (χ4v) is 9.13. The minimum absolute atomic E-state index is 0.0112. The van der Waals surface area contributed by atoms with Gasteiger partial charge in [-0.1, -0.05) is 24.3 Å². The molecule has 6 rings (SSSR count). The molecule has 0 aromatic heterocycles. The smallest absolute Gasteiger partial charge is 0.258 e. The predicted molar refractivity (Wildman–Crippen MR) is 287 cm³/mol. The average Bonchev–Trinajstić information content (AvgIpc) is 2.97. The maximum Gasteiger partial charge on any atom is 0.258 e. The highest BCUT2D eigenvalue weighted by Crippen LogP contribution is 2.33. The molecule has 2 aromatic rings. The van der Waals surface area contributed by atoms with Gasteiger partial charge >= 0.3 is 0 Å². The van der Waals surface area contributed by atoms with E-state index in [9.17, 15) is 79.5 Å². The number of nitrogens with zero attached hydrogens (tertiary/aromatic N) is 1. The monoisotopic (exact) mass is 1210 g/mol. The third-order valence-corrected chi connectivity index (χ3v) is 13.7. The summed E-state index contributed by atoms with van der Waals surface area (Å²) in [6.45, 7) is -0.627. The number of amides is 7. The molecule has 4 aliphatic heterocycles. The molecule has 472 valence electrons. The number of rotatable bonds is 33. The van der Waals surface area contributed by atoms with Crippen molar-refractivity contribution in [3.8, 4) is 16.9 Å². The molecule has 85 heavy (non-hydrogen) atoms. The molecule has 0 saturated carbocycles. The van der Waals surface area contributed by atoms with Crippen molar-refractivity contribution in [2.75, 3.05) is 92.2 Å². The van der Waals surface area contributed by atoms with E-state index in [-0.39, 0.29) is 109 Å². The number of carbonyl (C=O) groups is 7. The summed E-state index contributed by atoms with van der Waals surface area (Å²) in [4.78, 5) is 86.3. The van der Waals surface area contributed by atoms with E-state index in [2.05, 4.69) is 26.6 Å². The molecule has 4 aliphatic rings. The van der Waals surface area contributed by atoms with E-state index in [1.807, 2.05) is 6.07 Å². The molecule has 0 radical (unpaired) electrons. The van der Waals surface area contributed by atoms with Crippen LogP contribution in [0.4, 0.5) is 0 Å². The maximum atomic E-state index is 12.8. The molecule has 14 N–H and O–H groups in total. The molecule has 15 atom stereocenters. The van der Waals surface area contributed by atoms with Crippen LogP contribution in [-0.4, -0.2) is 276 Å². The zero-order chi connectivity index (χ0) is 61.6. The second kappa shape index (κ2) is 34.2. The molecule has 0 spiro atoms. The van der Waals surface area contributed by atoms with Crippen LogP contribution in [0.3, 0.4) is 0 Å². The van der Waals surface area contributed by atoms with Crippen molar-refractivity contribution in [2.45, 2.75) is 118 Å². The van der Waals surface area contributed by atoms with Crippen LogP contribution in [0.1, 0.15) is 36.5 Å². The molecule has 7 amide bonds. The van der Waals surface area contributed by atoms with Gasteiger partial charge in [0.15, 0.2) is 25.5 Å². The summed E-state index contributed by atoms with van der Waals surface area (Å²) in [6, 6.07) is 12.5. The lowest BCUT2D eigenvalue weighted by Crippen LogP contribution is -2.68. The Morgan fingerprint density at radius 3 is 1.81 bits per heavy atom. The van der Waals surface area contributed by atoms with Gasteiger partial charge in [-0.3, -0.25) is 38.5 Å². The van der Waals surface area contributed by atoms with Crippen molar-refractivity contribution in [3.05, 3.63) is 66.2 Å². The highest BCUT2D eigenvalue weighted by atomic mass is 16.8. The lowest BCUT2D eigenvalue weighted by molar-refractivity contribution is -0.376. The van der Waals surface area contributed by atoms with E-state index in [1.54, 1.807) is 42.5 Å². The van der Waals surface area contributed by atoms with Gasteiger partial charge in [-0.05, 0) is 41.8 Å². The van der Waals surface area contributed by atoms with Crippen LogP contribution in [-0.2, 0) is 66.7 Å². The molecule has 0 aliphatic carbocycles. The molecule has 9 unspecified atom stereocenters. The molecule has 0 bridgehead atoms. The van der Waals surface area contributed by atoms with Crippen molar-refractivity contribution in [1.82, 2.24) is 31.5 Å². The maximum absolute atomic E-state index is 12.8. The summed E-state index contributed by atoms with van der Waals surface area (Å²) >= 11 is 0. The summed E-state index contributed by atoms with van der Waals surface area (Å²) in [6.07, 6.45) is -21.2. The quantitative estimate of drug-likeness (QED) is 0.0233. The second-order valence-corrected chi connectivity index (χ2v) is 19.9. The Morgan fingerprint density at radius 1 is 0.565 bits per heavy atom. The Hall–Kier alpha value is -6.21. The van der Waals surface area contributed by atoms with Crippen LogP contribution in [0.5, 0.6) is 5.75 Å². The third kappa shape index (κ3) is 19.9. The first-order chi connectivity index (χ1) is 40.8. The molecule has 3 saturated heterocycles. The zero-order valence-electron chi connectivity index (χ0n) is 46.5. The Morgan fingerprint density at radius 2 is 1.15 bits per heavy atom. The van der Waals surface area contributed by atoms with Crippen LogP contribution < -0.4 is 31.3 Å². The standard InChI is InChI=1S/C54H76N6O25/c1-29(64)59-42-45(72)49(84-54-48(75)50(44(71)35(26-62)82-54)85-53-47(74)46(73)43(70)34(25-61)81-53)36(27-63)83-52(42)79-19-3-14-55-37(65)12-20-77-22-17-57-39(67)28-80-33-8-6-30(7-9-33)31-4-2-5-32(24-31)51(76)58-16-15-56-38(66)13-21-78-23-18-60-40(68)10-11-41(60)69/h2,4-11,24,34-36,42-50,52-54,61-63,70-75H,3,12-23,25-28H2,1H3,(H,55,65)(H,56,66)(H,57,67)(H,58,76)(H,59,64)/t34?,35?,36?,42?,43-,44-,45?,46?,47?,48?,49+,50?,52+,53+,54-/m0/s1. The van der Waals surface area contributed by atoms with Gasteiger partial charge in [-0.15, -0.1) is 0 Å². The molecular formula is C54H76N6O25. The Labute approximate surface area is 487 Å². The van der Waals surface area contributed by atoms with E-state index < -0.39 is 136 Å². The van der Waals surface area contributed by atoms with E-state index >= 15 is 0 Å². The summed E-state index contributed by atoms with van der Waals surface area (Å²) < 4.78 is 50.5. The van der Waals surface area contributed by atoms with Gasteiger partial charge in [0, 0.05) is 63.7 Å². The van der Waals surface area contributed by atoms with Crippen LogP contribution >= 0.6 is 0 Å². The number of imide groups is 1. The summed E-state index contributed by atoms with van der Waals surface area (Å²) in [5, 5.41) is 108. The van der Waals surface area contributed by atoms with Gasteiger partial charge in [0.2, 0.25) is 17.7 Å². The van der Waals surface area contributed by atoms with Crippen LogP contribution in [0.25, 0.3) is 11.1 Å². The lowest BCUT2D eigenvalue weighted by atomic mass is 9.95. The summed E-state index contributed by atoms with van der Waals surface area (Å²) in [5.41, 5.74) is 1.94. The van der Waals surface area contributed by atoms with Crippen LogP contribution in [0.2, 0.25) is 0 Å². The average molecular weight is 1210 g/mol. The van der Waals surface area contributed by atoms with E-state index in [1.165, 1.54) is 12.2 Å². The first kappa shape index (κ1) is 67.9. The largest absolute Gasteiger partial charge is 0.484 e. The number of benzene rings is 2. The highest BCUT2D eigenvalue weighted by Gasteiger charge is 2.54. The normalized spacial score (nSPS) is 28.4. The highest BCUT2D eigenvalue weighted by molar-refractivity contribution is 6.12. The van der Waals surface area contributed by atoms with Gasteiger partial charge in [0.25, 0.3) is 23.6 Å². The van der Waals surface area contributed by atoms with Gasteiger partial charge in [-0.25, -0.2) is 0 Å². The van der Waals surface area contributed by atoms with Gasteiger partial charge in [-0.2, -0.15) is 0 Å². The number of aliphatic hydroxyl groups excluding tert-OH is 9. The number of nitrogens with one attached hydrogen (secondary N) is 5. The second-order valence-electron chi connectivity index (χ2n) is 19.9. The van der Waals surface area contributed by atoms with Crippen molar-refractivity contribution >= 4 is 41.4 Å². The number of ether oxygens (including phenoxy) is 9. The summed E-state index contributed by atoms with van der Waals surface area (Å²) in [5.74, 6) is -2.41. The van der Waals surface area contributed by atoms with Crippen molar-refractivity contribution < 1.29 is 122 Å². The van der Waals surface area contributed by atoms with Gasteiger partial charge in [0.05, 0.1) is 59.4 Å². The molecule has 3 fully saturated rings. The molecule has 31 nitrogen and oxygen atoms in total. The Bertz CT molecular complexity index is 2510. The molecular weight excluding hydrogens is 1130 g/mol. The van der Waals surface area contributed by atoms with Crippen LogP contribution in [0.15, 0.2) is 60.7 Å². The van der Waals surface area contributed by atoms with Crippen LogP contribution in [0, 0.1) is 0 Å². The van der Waals surface area contributed by atoms with E-state index in [0.717, 1.165) is 23.0 Å². The first-order valence-electron chi connectivity index (χ1n) is 27.5. The Kier molecular flexibility index (Phi) is 27.3. The topological polar surface area (TPSA) is 448 Å². The number of aliphatic hydroxyl groups is 9. The molecule has 2 aromatic carbocycles. The minimum Gasteiger partial charge on any atom is -0.484 e. The third-order valence-electron chi connectivity index (χ3n) is 13.7. The van der Waals surface area contributed by atoms with Gasteiger partial charge < -0.3 is 115 Å². The minimum atomic E-state index is -1.98. The van der Waals surface area contributed by atoms with Crippen molar-refractivity contribution in [1.29, 1.82) is 0 Å². The summed E-state index contributed by atoms with van der Waals surface area (Å²) in [7, 11) is 0. The lowest BCUT2D eigenvalue weighted by Gasteiger charge is -2.48. The first-order valence-corrected chi connectivity index (χ1v) is 27.5. The fourth-order valence-electron chi connectivity index (χ4n) is 9.13. The number of hydrogen-bond donors (Lipinski definition) is 14. The molecule has 4 heterocycles. The van der Waals surface area contributed by atoms with Crippen molar-refractivity contribution in [2.24, 2.45) is 0 Å². The fraction of sp³-hybridized carbons (Fsp3) is 0.611. The predicted octanol–water partition coefficient (Wildman–Crippen LogP) is -6.45.